The van der Waals surface area contributed by atoms with Gasteiger partial charge in [0.2, 0.25) is 6.19 Å². The zero-order valence-corrected chi connectivity index (χ0v) is 10.1. The first-order valence-corrected chi connectivity index (χ1v) is 6.72. The number of hydrogen-bond donors (Lipinski definition) is 0. The van der Waals surface area contributed by atoms with E-state index in [4.69, 9.17) is 5.26 Å². The molecule has 0 N–H and O–H groups in total. The van der Waals surface area contributed by atoms with Gasteiger partial charge in [0.05, 0.1) is 4.66 Å². The van der Waals surface area contributed by atoms with Crippen LogP contribution >= 0.6 is 39.5 Å². The van der Waals surface area contributed by atoms with Crippen LogP contribution < -0.4 is 0 Å². The molecular formula is C7H11BrN2S2. The minimum atomic E-state index is 0.798. The summed E-state index contributed by atoms with van der Waals surface area (Å²) in [5, 5.41) is 8.34. The Morgan fingerprint density at radius 2 is 2.33 bits per heavy atom. The molecular weight excluding hydrogens is 256 g/mol. The zero-order valence-electron chi connectivity index (χ0n) is 6.92. The van der Waals surface area contributed by atoms with Crippen LogP contribution in [0.15, 0.2) is 4.99 Å². The summed E-state index contributed by atoms with van der Waals surface area (Å²) in [4.78, 5) is 3.70. The standard InChI is InChI=1S/C7H11BrN2S2/c1-2-3-4-11-7(10-6-9)12-5-8/h2-5H2,1H3. The normalized spacial score (nSPS) is 11.2. The number of nitriles is 1. The van der Waals surface area contributed by atoms with Crippen molar-refractivity contribution in [1.82, 2.24) is 0 Å². The highest BCUT2D eigenvalue weighted by molar-refractivity contribution is 9.11. The van der Waals surface area contributed by atoms with Gasteiger partial charge in [-0.05, 0) is 6.42 Å². The molecule has 0 amide bonds. The van der Waals surface area contributed by atoms with Gasteiger partial charge in [-0.1, -0.05) is 52.8 Å². The van der Waals surface area contributed by atoms with Crippen molar-refractivity contribution in [2.45, 2.75) is 19.8 Å². The summed E-state index contributed by atoms with van der Waals surface area (Å²) in [5.41, 5.74) is 0. The first kappa shape index (κ1) is 12.3. The Labute approximate surface area is 90.3 Å². The van der Waals surface area contributed by atoms with E-state index in [1.807, 2.05) is 0 Å². The number of unbranched alkanes of at least 4 members (excludes halogenated alkanes) is 1. The monoisotopic (exact) mass is 266 g/mol. The van der Waals surface area contributed by atoms with Crippen LogP contribution in [0.3, 0.4) is 0 Å². The second kappa shape index (κ2) is 9.43. The molecule has 0 aliphatic carbocycles. The molecule has 68 valence electrons. The first-order chi connectivity index (χ1) is 5.85. The Hall–Kier alpha value is 0.340. The quantitative estimate of drug-likeness (QED) is 0.257. The lowest BCUT2D eigenvalue weighted by Gasteiger charge is -1.99. The molecule has 12 heavy (non-hydrogen) atoms. The van der Waals surface area contributed by atoms with Gasteiger partial charge < -0.3 is 0 Å². The van der Waals surface area contributed by atoms with Crippen LogP contribution in [-0.4, -0.2) is 14.8 Å². The van der Waals surface area contributed by atoms with Gasteiger partial charge in [0.15, 0.2) is 0 Å². The number of hydrogen-bond acceptors (Lipinski definition) is 4. The highest BCUT2D eigenvalue weighted by Crippen LogP contribution is 2.19. The lowest BCUT2D eigenvalue weighted by molar-refractivity contribution is 0.898. The molecule has 0 saturated carbocycles. The summed E-state index contributed by atoms with van der Waals surface area (Å²) < 4.78 is 1.66. The fourth-order valence-corrected chi connectivity index (χ4v) is 3.27. The average Bonchev–Trinajstić information content (AvgIpc) is 2.06. The molecule has 0 saturated heterocycles. The van der Waals surface area contributed by atoms with Gasteiger partial charge in [-0.25, -0.2) is 0 Å². The zero-order chi connectivity index (χ0) is 9.23. The number of halogens is 1. The highest BCUT2D eigenvalue weighted by atomic mass is 79.9. The predicted molar refractivity (Wildman–Crippen MR) is 61.8 cm³/mol. The molecule has 5 heteroatoms. The van der Waals surface area contributed by atoms with Crippen molar-refractivity contribution in [1.29, 1.82) is 5.26 Å². The van der Waals surface area contributed by atoms with Crippen molar-refractivity contribution < 1.29 is 0 Å². The van der Waals surface area contributed by atoms with Crippen molar-refractivity contribution >= 4 is 43.8 Å². The fraction of sp³-hybridized carbons (Fsp3) is 0.714. The van der Waals surface area contributed by atoms with Crippen LogP contribution in [0.4, 0.5) is 0 Å². The third-order valence-electron chi connectivity index (χ3n) is 1.04. The molecule has 0 heterocycles. The summed E-state index contributed by atoms with van der Waals surface area (Å²) in [6, 6.07) is 0. The van der Waals surface area contributed by atoms with Gasteiger partial charge in [0, 0.05) is 5.75 Å². The van der Waals surface area contributed by atoms with E-state index >= 15 is 0 Å². The minimum Gasteiger partial charge on any atom is -0.170 e. The molecule has 0 aromatic carbocycles. The molecule has 0 aromatic rings. The van der Waals surface area contributed by atoms with Crippen molar-refractivity contribution in [3.63, 3.8) is 0 Å². The van der Waals surface area contributed by atoms with Crippen LogP contribution in [0.25, 0.3) is 0 Å². The van der Waals surface area contributed by atoms with E-state index in [2.05, 4.69) is 27.8 Å². The summed E-state index contributed by atoms with van der Waals surface area (Å²) in [6.07, 6.45) is 4.17. The largest absolute Gasteiger partial charge is 0.207 e. The molecule has 2 nitrogen and oxygen atoms in total. The molecule has 0 aliphatic rings. The smallest absolute Gasteiger partial charge is 0.170 e. The Balaban J connectivity index is 3.66. The lowest BCUT2D eigenvalue weighted by Crippen LogP contribution is -1.87. The number of rotatable bonds is 4. The van der Waals surface area contributed by atoms with E-state index in [1.165, 1.54) is 12.8 Å². The number of aliphatic imine (C=N–C) groups is 1. The third-order valence-corrected chi connectivity index (χ3v) is 3.71. The number of thioether (sulfide) groups is 2. The first-order valence-electron chi connectivity index (χ1n) is 3.63. The van der Waals surface area contributed by atoms with Crippen LogP contribution in [0.5, 0.6) is 0 Å². The molecule has 0 spiro atoms. The van der Waals surface area contributed by atoms with Gasteiger partial charge in [-0.15, -0.1) is 0 Å². The molecule has 0 fully saturated rings. The van der Waals surface area contributed by atoms with E-state index in [0.29, 0.717) is 0 Å². The number of alkyl halides is 1. The maximum Gasteiger partial charge on any atom is 0.207 e. The maximum absolute atomic E-state index is 8.34. The Morgan fingerprint density at radius 3 is 2.83 bits per heavy atom. The van der Waals surface area contributed by atoms with Crippen molar-refractivity contribution in [2.24, 2.45) is 4.99 Å². The summed E-state index contributed by atoms with van der Waals surface area (Å²) in [7, 11) is 0. The number of nitrogens with zero attached hydrogens (tertiary/aromatic N) is 2. The van der Waals surface area contributed by atoms with Crippen molar-refractivity contribution in [2.75, 3.05) is 10.4 Å². The molecule has 0 bridgehead atoms. The maximum atomic E-state index is 8.34. The highest BCUT2D eigenvalue weighted by Gasteiger charge is 1.99. The summed E-state index contributed by atoms with van der Waals surface area (Å²) in [5.74, 6) is 1.05. The lowest BCUT2D eigenvalue weighted by atomic mass is 10.4. The van der Waals surface area contributed by atoms with E-state index < -0.39 is 0 Å². The van der Waals surface area contributed by atoms with Crippen LogP contribution in [0, 0.1) is 11.5 Å². The third kappa shape index (κ3) is 7.01. The Kier molecular flexibility index (Phi) is 9.70. The summed E-state index contributed by atoms with van der Waals surface area (Å²) >= 11 is 6.50. The summed E-state index contributed by atoms with van der Waals surface area (Å²) in [6.45, 7) is 2.15. The molecule has 0 rings (SSSR count). The van der Waals surface area contributed by atoms with Crippen LogP contribution in [0.2, 0.25) is 0 Å². The van der Waals surface area contributed by atoms with Crippen molar-refractivity contribution in [3.05, 3.63) is 0 Å². The molecule has 0 aromatic heterocycles. The Morgan fingerprint density at radius 1 is 1.58 bits per heavy atom. The van der Waals surface area contributed by atoms with E-state index in [9.17, 15) is 0 Å². The SMILES string of the molecule is CCCCSC(=NC#N)SCBr. The predicted octanol–water partition coefficient (Wildman–Crippen LogP) is 3.44. The average molecular weight is 267 g/mol. The van der Waals surface area contributed by atoms with E-state index in [-0.39, 0.29) is 0 Å². The van der Waals surface area contributed by atoms with Crippen LogP contribution in [-0.2, 0) is 0 Å². The van der Waals surface area contributed by atoms with Gasteiger partial charge in [-0.2, -0.15) is 10.3 Å². The molecule has 0 radical (unpaired) electrons. The second-order valence-electron chi connectivity index (χ2n) is 1.93. The van der Waals surface area contributed by atoms with E-state index in [0.717, 1.165) is 14.8 Å². The van der Waals surface area contributed by atoms with E-state index in [1.54, 1.807) is 29.7 Å². The molecule has 0 unspecified atom stereocenters. The second-order valence-corrected chi connectivity index (χ2v) is 5.54. The van der Waals surface area contributed by atoms with Crippen LogP contribution in [0.1, 0.15) is 19.8 Å². The van der Waals surface area contributed by atoms with Gasteiger partial charge in [-0.3, -0.25) is 0 Å². The topological polar surface area (TPSA) is 36.1 Å². The van der Waals surface area contributed by atoms with Gasteiger partial charge in [0.1, 0.15) is 4.38 Å². The molecule has 0 aliphatic heterocycles. The van der Waals surface area contributed by atoms with Crippen molar-refractivity contribution in [3.8, 4) is 6.19 Å². The minimum absolute atomic E-state index is 0.798. The Bertz CT molecular complexity index is 177. The fourth-order valence-electron chi connectivity index (χ4n) is 0.498. The van der Waals surface area contributed by atoms with Gasteiger partial charge >= 0.3 is 0 Å². The molecule has 0 atom stereocenters. The van der Waals surface area contributed by atoms with Gasteiger partial charge in [0.25, 0.3) is 0 Å².